The molecule has 7 heteroatoms. The Balaban J connectivity index is 1.78. The maximum absolute atomic E-state index is 5.90. The lowest BCUT2D eigenvalue weighted by Crippen LogP contribution is -2.00. The molecule has 0 spiro atoms. The van der Waals surface area contributed by atoms with Crippen LogP contribution >= 0.6 is 0 Å². The monoisotopic (exact) mass is 317 g/mol. The molecule has 7 nitrogen and oxygen atoms in total. The first-order chi connectivity index (χ1) is 11.7. The fourth-order valence-corrected chi connectivity index (χ4v) is 2.43. The number of benzene rings is 2. The molecule has 0 amide bonds. The van der Waals surface area contributed by atoms with Crippen LogP contribution < -0.4 is 16.8 Å². The molecule has 0 aliphatic rings. The van der Waals surface area contributed by atoms with Crippen molar-refractivity contribution < 1.29 is 0 Å². The maximum atomic E-state index is 5.90. The molecule has 0 fully saturated rings. The normalized spacial score (nSPS) is 10.8. The predicted molar refractivity (Wildman–Crippen MR) is 94.8 cm³/mol. The Hall–Kier alpha value is -3.61. The number of anilines is 4. The number of para-hydroxylation sites is 1. The van der Waals surface area contributed by atoms with E-state index < -0.39 is 0 Å². The summed E-state index contributed by atoms with van der Waals surface area (Å²) in [5, 5.41) is 7.67. The molecule has 0 saturated heterocycles. The van der Waals surface area contributed by atoms with Crippen molar-refractivity contribution in [1.29, 1.82) is 0 Å². The van der Waals surface area contributed by atoms with Gasteiger partial charge in [-0.15, -0.1) is 5.10 Å². The van der Waals surface area contributed by atoms with Gasteiger partial charge in [-0.2, -0.15) is 9.50 Å². The summed E-state index contributed by atoms with van der Waals surface area (Å²) >= 11 is 0. The number of nitrogen functional groups attached to an aromatic ring is 2. The van der Waals surface area contributed by atoms with Gasteiger partial charge in [-0.05, 0) is 30.3 Å². The molecule has 0 aliphatic heterocycles. The minimum absolute atomic E-state index is 0.499. The first-order valence-electron chi connectivity index (χ1n) is 7.40. The second kappa shape index (κ2) is 5.54. The summed E-state index contributed by atoms with van der Waals surface area (Å²) in [7, 11) is 0. The Morgan fingerprint density at radius 1 is 0.917 bits per heavy atom. The van der Waals surface area contributed by atoms with Crippen LogP contribution in [-0.4, -0.2) is 19.6 Å². The molecular weight excluding hydrogens is 302 g/mol. The van der Waals surface area contributed by atoms with E-state index in [1.54, 1.807) is 28.9 Å². The maximum Gasteiger partial charge on any atom is 0.247 e. The lowest BCUT2D eigenvalue weighted by molar-refractivity contribution is 0.937. The first-order valence-corrected chi connectivity index (χ1v) is 7.40. The summed E-state index contributed by atoms with van der Waals surface area (Å²) in [5.74, 6) is 1.15. The molecular formula is C17H15N7. The summed E-state index contributed by atoms with van der Waals surface area (Å²) in [6, 6.07) is 16.9. The molecule has 4 rings (SSSR count). The molecule has 4 aromatic rings. The summed E-state index contributed by atoms with van der Waals surface area (Å²) in [6.45, 7) is 0. The fourth-order valence-electron chi connectivity index (χ4n) is 2.43. The van der Waals surface area contributed by atoms with Crippen LogP contribution in [0.25, 0.3) is 17.0 Å². The van der Waals surface area contributed by atoms with Crippen LogP contribution in [-0.2, 0) is 0 Å². The van der Waals surface area contributed by atoms with Crippen LogP contribution in [0, 0.1) is 0 Å². The van der Waals surface area contributed by atoms with E-state index in [2.05, 4.69) is 20.4 Å². The highest BCUT2D eigenvalue weighted by Gasteiger charge is 2.11. The van der Waals surface area contributed by atoms with Crippen molar-refractivity contribution in [3.63, 3.8) is 0 Å². The highest BCUT2D eigenvalue weighted by Crippen LogP contribution is 2.24. The molecule has 2 heterocycles. The summed E-state index contributed by atoms with van der Waals surface area (Å²) in [4.78, 5) is 8.88. The lowest BCUT2D eigenvalue weighted by atomic mass is 10.1. The zero-order chi connectivity index (χ0) is 16.5. The van der Waals surface area contributed by atoms with Crippen LogP contribution in [0.1, 0.15) is 0 Å². The van der Waals surface area contributed by atoms with Gasteiger partial charge >= 0.3 is 0 Å². The highest BCUT2D eigenvalue weighted by atomic mass is 15.4. The van der Waals surface area contributed by atoms with Gasteiger partial charge in [0, 0.05) is 23.5 Å². The largest absolute Gasteiger partial charge is 0.397 e. The Morgan fingerprint density at radius 2 is 1.75 bits per heavy atom. The van der Waals surface area contributed by atoms with Gasteiger partial charge in [0.1, 0.15) is 0 Å². The number of hydrogen-bond donors (Lipinski definition) is 3. The molecule has 0 bridgehead atoms. The van der Waals surface area contributed by atoms with Crippen molar-refractivity contribution in [1.82, 2.24) is 19.6 Å². The zero-order valence-corrected chi connectivity index (χ0v) is 12.7. The van der Waals surface area contributed by atoms with Gasteiger partial charge in [0.2, 0.25) is 5.95 Å². The van der Waals surface area contributed by atoms with Gasteiger partial charge in [0.25, 0.3) is 0 Å². The van der Waals surface area contributed by atoms with E-state index in [1.807, 2.05) is 36.4 Å². The van der Waals surface area contributed by atoms with Gasteiger partial charge in [-0.1, -0.05) is 18.2 Å². The number of fused-ring (bicyclic) bond motifs is 1. The van der Waals surface area contributed by atoms with E-state index in [4.69, 9.17) is 11.5 Å². The van der Waals surface area contributed by atoms with E-state index in [9.17, 15) is 0 Å². The Kier molecular flexibility index (Phi) is 3.24. The van der Waals surface area contributed by atoms with Crippen molar-refractivity contribution in [2.24, 2.45) is 0 Å². The van der Waals surface area contributed by atoms with E-state index in [0.717, 1.165) is 11.3 Å². The predicted octanol–water partition coefficient (Wildman–Crippen LogP) is 2.70. The SMILES string of the molecule is Nc1ccc(-c2nccc3nc(Nc4ccccc4)nn23)cc1N. The average molecular weight is 317 g/mol. The molecule has 0 atom stereocenters. The van der Waals surface area contributed by atoms with E-state index in [1.165, 1.54) is 0 Å². The van der Waals surface area contributed by atoms with E-state index >= 15 is 0 Å². The number of hydrogen-bond acceptors (Lipinski definition) is 6. The van der Waals surface area contributed by atoms with E-state index in [-0.39, 0.29) is 0 Å². The molecule has 0 radical (unpaired) electrons. The molecule has 118 valence electrons. The van der Waals surface area contributed by atoms with Crippen molar-refractivity contribution in [2.45, 2.75) is 0 Å². The molecule has 24 heavy (non-hydrogen) atoms. The molecule has 2 aromatic heterocycles. The van der Waals surface area contributed by atoms with Crippen LogP contribution in [0.4, 0.5) is 23.0 Å². The Bertz CT molecular complexity index is 1010. The third-order valence-corrected chi connectivity index (χ3v) is 3.63. The average Bonchev–Trinajstić information content (AvgIpc) is 3.00. The van der Waals surface area contributed by atoms with Crippen molar-refractivity contribution in [3.8, 4) is 11.4 Å². The number of nitrogens with two attached hydrogens (primary N) is 2. The highest BCUT2D eigenvalue weighted by molar-refractivity contribution is 5.72. The fraction of sp³-hybridized carbons (Fsp3) is 0. The molecule has 0 saturated carbocycles. The molecule has 0 unspecified atom stereocenters. The third kappa shape index (κ3) is 2.48. The first kappa shape index (κ1) is 14.0. The van der Waals surface area contributed by atoms with Crippen molar-refractivity contribution >= 4 is 28.7 Å². The Morgan fingerprint density at radius 3 is 2.54 bits per heavy atom. The number of nitrogens with one attached hydrogen (secondary N) is 1. The second-order valence-corrected chi connectivity index (χ2v) is 5.31. The van der Waals surface area contributed by atoms with Crippen LogP contribution in [0.15, 0.2) is 60.8 Å². The summed E-state index contributed by atoms with van der Waals surface area (Å²) in [5.41, 5.74) is 15.2. The smallest absolute Gasteiger partial charge is 0.247 e. The third-order valence-electron chi connectivity index (χ3n) is 3.63. The number of aromatic nitrogens is 4. The van der Waals surface area contributed by atoms with Gasteiger partial charge in [-0.25, -0.2) is 4.98 Å². The second-order valence-electron chi connectivity index (χ2n) is 5.31. The van der Waals surface area contributed by atoms with Gasteiger partial charge in [0.15, 0.2) is 11.5 Å². The van der Waals surface area contributed by atoms with Gasteiger partial charge < -0.3 is 16.8 Å². The standard InChI is InChI=1S/C17H15N7/c18-13-7-6-11(10-14(13)19)16-20-9-8-15-22-17(23-24(15)16)21-12-4-2-1-3-5-12/h1-10H,18-19H2,(H,21,23). The Labute approximate surface area is 138 Å². The molecule has 2 aromatic carbocycles. The quantitative estimate of drug-likeness (QED) is 0.501. The topological polar surface area (TPSA) is 107 Å². The van der Waals surface area contributed by atoms with Crippen LogP contribution in [0.3, 0.4) is 0 Å². The van der Waals surface area contributed by atoms with Crippen LogP contribution in [0.5, 0.6) is 0 Å². The van der Waals surface area contributed by atoms with Crippen molar-refractivity contribution in [2.75, 3.05) is 16.8 Å². The summed E-state index contributed by atoms with van der Waals surface area (Å²) in [6.07, 6.45) is 1.69. The summed E-state index contributed by atoms with van der Waals surface area (Å²) < 4.78 is 1.68. The van der Waals surface area contributed by atoms with Gasteiger partial charge in [-0.3, -0.25) is 0 Å². The molecule has 5 N–H and O–H groups in total. The number of nitrogens with zero attached hydrogens (tertiary/aromatic N) is 4. The van der Waals surface area contributed by atoms with Crippen LogP contribution in [0.2, 0.25) is 0 Å². The minimum Gasteiger partial charge on any atom is -0.397 e. The number of rotatable bonds is 3. The van der Waals surface area contributed by atoms with E-state index in [0.29, 0.717) is 28.8 Å². The zero-order valence-electron chi connectivity index (χ0n) is 12.7. The van der Waals surface area contributed by atoms with Gasteiger partial charge in [0.05, 0.1) is 11.4 Å². The van der Waals surface area contributed by atoms with Crippen molar-refractivity contribution in [3.05, 3.63) is 60.8 Å². The lowest BCUT2D eigenvalue weighted by Gasteiger charge is -2.05. The minimum atomic E-state index is 0.499. The molecule has 0 aliphatic carbocycles.